The van der Waals surface area contributed by atoms with E-state index in [1.54, 1.807) is 0 Å². The molecule has 0 bridgehead atoms. The molecule has 4 rings (SSSR count). The zero-order chi connectivity index (χ0) is 19.9. The molecule has 1 aromatic heterocycles. The molecule has 2 N–H and O–H groups in total. The molecular weight excluding hydrogens is 390 g/mol. The van der Waals surface area contributed by atoms with Crippen LogP contribution in [0.25, 0.3) is 11.3 Å². The number of halogens is 2. The van der Waals surface area contributed by atoms with Gasteiger partial charge in [0, 0.05) is 10.9 Å². The fraction of sp³-hybridized carbons (Fsp3) is 0.333. The average Bonchev–Trinajstić information content (AvgIpc) is 3.35. The van der Waals surface area contributed by atoms with Crippen LogP contribution in [-0.2, 0) is 9.59 Å². The lowest BCUT2D eigenvalue weighted by atomic mass is 9.98. The predicted molar refractivity (Wildman–Crippen MR) is 97.5 cm³/mol. The first-order valence-electron chi connectivity index (χ1n) is 8.73. The molecule has 7 nitrogen and oxygen atoms in total. The number of imide groups is 1. The number of hydrogen-bond donors (Lipinski definition) is 2. The SMILES string of the molecule is O=C(CN1C(=O)NC2(CCCC2)C1=O)Nc1nc(-c2cc(F)ccc2F)cs1. The third-order valence-corrected chi connectivity index (χ3v) is 5.72. The van der Waals surface area contributed by atoms with E-state index in [1.807, 2.05) is 0 Å². The van der Waals surface area contributed by atoms with Crippen LogP contribution in [0.15, 0.2) is 23.6 Å². The van der Waals surface area contributed by atoms with Crippen molar-refractivity contribution in [1.82, 2.24) is 15.2 Å². The monoisotopic (exact) mass is 406 g/mol. The molecule has 1 spiro atoms. The Hall–Kier alpha value is -2.88. The van der Waals surface area contributed by atoms with E-state index in [0.29, 0.717) is 12.8 Å². The van der Waals surface area contributed by atoms with Gasteiger partial charge in [-0.15, -0.1) is 11.3 Å². The van der Waals surface area contributed by atoms with Gasteiger partial charge < -0.3 is 10.6 Å². The van der Waals surface area contributed by atoms with E-state index in [-0.39, 0.29) is 22.3 Å². The van der Waals surface area contributed by atoms with Crippen molar-refractivity contribution in [3.8, 4) is 11.3 Å². The lowest BCUT2D eigenvalue weighted by Gasteiger charge is -2.19. The van der Waals surface area contributed by atoms with Crippen molar-refractivity contribution in [3.63, 3.8) is 0 Å². The van der Waals surface area contributed by atoms with Gasteiger partial charge in [-0.05, 0) is 31.0 Å². The Morgan fingerprint density at radius 3 is 2.79 bits per heavy atom. The summed E-state index contributed by atoms with van der Waals surface area (Å²) < 4.78 is 27.2. The summed E-state index contributed by atoms with van der Waals surface area (Å²) in [5.41, 5.74) is -0.716. The van der Waals surface area contributed by atoms with Crippen molar-refractivity contribution in [2.24, 2.45) is 0 Å². The number of amides is 4. The van der Waals surface area contributed by atoms with Crippen molar-refractivity contribution < 1.29 is 23.2 Å². The third kappa shape index (κ3) is 3.24. The highest BCUT2D eigenvalue weighted by atomic mass is 32.1. The lowest BCUT2D eigenvalue weighted by molar-refractivity contribution is -0.133. The number of nitrogens with one attached hydrogen (secondary N) is 2. The predicted octanol–water partition coefficient (Wildman–Crippen LogP) is 2.89. The molecule has 2 aliphatic rings. The van der Waals surface area contributed by atoms with Gasteiger partial charge in [-0.1, -0.05) is 12.8 Å². The normalized spacial score (nSPS) is 18.0. The zero-order valence-corrected chi connectivity index (χ0v) is 15.4. The quantitative estimate of drug-likeness (QED) is 0.764. The first-order valence-corrected chi connectivity index (χ1v) is 9.61. The van der Waals surface area contributed by atoms with Crippen molar-refractivity contribution >= 4 is 34.3 Å². The number of rotatable bonds is 4. The number of urea groups is 1. The van der Waals surface area contributed by atoms with Crippen LogP contribution in [0.5, 0.6) is 0 Å². The van der Waals surface area contributed by atoms with Crippen molar-refractivity contribution in [1.29, 1.82) is 0 Å². The van der Waals surface area contributed by atoms with Gasteiger partial charge in [-0.3, -0.25) is 14.5 Å². The van der Waals surface area contributed by atoms with Crippen LogP contribution in [0, 0.1) is 11.6 Å². The second-order valence-corrected chi connectivity index (χ2v) is 7.68. The summed E-state index contributed by atoms with van der Waals surface area (Å²) in [5.74, 6) is -2.22. The second-order valence-electron chi connectivity index (χ2n) is 6.82. The Morgan fingerprint density at radius 1 is 1.29 bits per heavy atom. The van der Waals surface area contributed by atoms with E-state index in [0.717, 1.165) is 47.3 Å². The number of benzene rings is 1. The molecule has 1 aromatic carbocycles. The van der Waals surface area contributed by atoms with E-state index in [4.69, 9.17) is 0 Å². The van der Waals surface area contributed by atoms with Crippen molar-refractivity contribution in [2.45, 2.75) is 31.2 Å². The van der Waals surface area contributed by atoms with Gasteiger partial charge in [0.15, 0.2) is 5.13 Å². The highest BCUT2D eigenvalue weighted by molar-refractivity contribution is 7.14. The molecule has 2 aromatic rings. The molecule has 0 atom stereocenters. The Morgan fingerprint density at radius 2 is 2.04 bits per heavy atom. The average molecular weight is 406 g/mol. The molecule has 146 valence electrons. The minimum atomic E-state index is -0.874. The topological polar surface area (TPSA) is 91.4 Å². The van der Waals surface area contributed by atoms with Gasteiger partial charge >= 0.3 is 6.03 Å². The second kappa shape index (κ2) is 6.93. The fourth-order valence-corrected chi connectivity index (χ4v) is 4.32. The van der Waals surface area contributed by atoms with Crippen LogP contribution < -0.4 is 10.6 Å². The van der Waals surface area contributed by atoms with Gasteiger partial charge in [0.2, 0.25) is 5.91 Å². The fourth-order valence-electron chi connectivity index (χ4n) is 3.59. The van der Waals surface area contributed by atoms with Gasteiger partial charge in [0.05, 0.1) is 5.69 Å². The first kappa shape index (κ1) is 18.5. The van der Waals surface area contributed by atoms with Crippen LogP contribution in [0.1, 0.15) is 25.7 Å². The Balaban J connectivity index is 1.44. The molecule has 10 heteroatoms. The molecule has 1 aliphatic carbocycles. The van der Waals surface area contributed by atoms with E-state index in [9.17, 15) is 23.2 Å². The maximum absolute atomic E-state index is 13.9. The number of hydrogen-bond acceptors (Lipinski definition) is 5. The number of aromatic nitrogens is 1. The molecule has 0 radical (unpaired) electrons. The van der Waals surface area contributed by atoms with Crippen LogP contribution in [-0.4, -0.2) is 39.8 Å². The summed E-state index contributed by atoms with van der Waals surface area (Å²) in [7, 11) is 0. The largest absolute Gasteiger partial charge is 0.325 e. The summed E-state index contributed by atoms with van der Waals surface area (Å²) in [5, 5.41) is 6.83. The Bertz CT molecular complexity index is 971. The van der Waals surface area contributed by atoms with Gasteiger partial charge in [-0.2, -0.15) is 0 Å². The standard InChI is InChI=1S/C18H16F2N4O3S/c19-10-3-4-12(20)11(7-10)13-9-28-16(21-13)22-14(25)8-24-15(26)18(23-17(24)27)5-1-2-6-18/h3-4,7,9H,1-2,5-6,8H2,(H,23,27)(H,21,22,25). The molecule has 1 saturated heterocycles. The molecular formula is C18H16F2N4O3S. The lowest BCUT2D eigenvalue weighted by Crippen LogP contribution is -2.44. The van der Waals surface area contributed by atoms with Gasteiger partial charge in [-0.25, -0.2) is 18.6 Å². The van der Waals surface area contributed by atoms with Crippen LogP contribution in [0.3, 0.4) is 0 Å². The maximum Gasteiger partial charge on any atom is 0.325 e. The molecule has 1 aliphatic heterocycles. The Labute approximate surface area is 162 Å². The molecule has 4 amide bonds. The third-order valence-electron chi connectivity index (χ3n) is 4.96. The highest BCUT2D eigenvalue weighted by Gasteiger charge is 2.52. The summed E-state index contributed by atoms with van der Waals surface area (Å²) in [4.78, 5) is 41.9. The van der Waals surface area contributed by atoms with E-state index in [2.05, 4.69) is 15.6 Å². The summed E-state index contributed by atoms with van der Waals surface area (Å²) in [6.07, 6.45) is 2.85. The highest BCUT2D eigenvalue weighted by Crippen LogP contribution is 2.35. The minimum absolute atomic E-state index is 0.0194. The zero-order valence-electron chi connectivity index (χ0n) is 14.6. The smallest absolute Gasteiger partial charge is 0.323 e. The number of thiazole rings is 1. The van der Waals surface area contributed by atoms with E-state index >= 15 is 0 Å². The summed E-state index contributed by atoms with van der Waals surface area (Å²) in [6.45, 7) is -0.435. The molecule has 0 unspecified atom stereocenters. The minimum Gasteiger partial charge on any atom is -0.323 e. The van der Waals surface area contributed by atoms with E-state index < -0.39 is 35.7 Å². The van der Waals surface area contributed by atoms with Crippen molar-refractivity contribution in [3.05, 3.63) is 35.2 Å². The summed E-state index contributed by atoms with van der Waals surface area (Å²) in [6, 6.07) is 2.44. The number of carbonyl (C=O) groups is 3. The van der Waals surface area contributed by atoms with Gasteiger partial charge in [0.1, 0.15) is 23.7 Å². The summed E-state index contributed by atoms with van der Waals surface area (Å²) >= 11 is 1.03. The molecule has 1 saturated carbocycles. The molecule has 2 heterocycles. The first-order chi connectivity index (χ1) is 13.4. The molecule has 28 heavy (non-hydrogen) atoms. The van der Waals surface area contributed by atoms with E-state index in [1.165, 1.54) is 5.38 Å². The molecule has 2 fully saturated rings. The number of anilines is 1. The van der Waals surface area contributed by atoms with Crippen LogP contribution in [0.2, 0.25) is 0 Å². The van der Waals surface area contributed by atoms with Crippen LogP contribution in [0.4, 0.5) is 18.7 Å². The maximum atomic E-state index is 13.9. The van der Waals surface area contributed by atoms with Crippen LogP contribution >= 0.6 is 11.3 Å². The number of carbonyl (C=O) groups excluding carboxylic acids is 3. The number of nitrogens with zero attached hydrogens (tertiary/aromatic N) is 2. The van der Waals surface area contributed by atoms with Gasteiger partial charge in [0.25, 0.3) is 5.91 Å². The Kier molecular flexibility index (Phi) is 4.58. The van der Waals surface area contributed by atoms with Crippen molar-refractivity contribution in [2.75, 3.05) is 11.9 Å².